The van der Waals surface area contributed by atoms with E-state index in [-0.39, 0.29) is 0 Å². The quantitative estimate of drug-likeness (QED) is 0.775. The molecule has 0 bridgehead atoms. The SMILES string of the molecule is COc1cccc(Nc2cc(N3CCc4ccccc43)nc(C)n2)c1. The Hall–Kier alpha value is -3.08. The summed E-state index contributed by atoms with van der Waals surface area (Å²) in [6.07, 6.45) is 1.04. The molecule has 5 nitrogen and oxygen atoms in total. The minimum atomic E-state index is 0.743. The summed E-state index contributed by atoms with van der Waals surface area (Å²) in [5.74, 6) is 3.25. The lowest BCUT2D eigenvalue weighted by atomic mass is 10.2. The predicted octanol–water partition coefficient (Wildman–Crippen LogP) is 4.23. The summed E-state index contributed by atoms with van der Waals surface area (Å²) in [7, 11) is 1.66. The van der Waals surface area contributed by atoms with E-state index in [0.717, 1.165) is 41.9 Å². The third-order valence-electron chi connectivity index (χ3n) is 4.33. The molecule has 1 aromatic heterocycles. The number of nitrogens with zero attached hydrogens (tertiary/aromatic N) is 3. The van der Waals surface area contributed by atoms with Crippen LogP contribution in [-0.2, 0) is 6.42 Å². The number of aromatic nitrogens is 2. The summed E-state index contributed by atoms with van der Waals surface area (Å²) < 4.78 is 5.28. The zero-order chi connectivity index (χ0) is 17.2. The molecule has 1 aliphatic rings. The maximum Gasteiger partial charge on any atom is 0.138 e. The molecular formula is C20H20N4O. The second-order valence-electron chi connectivity index (χ2n) is 6.05. The number of para-hydroxylation sites is 1. The van der Waals surface area contributed by atoms with Crippen LogP contribution in [0.15, 0.2) is 54.6 Å². The van der Waals surface area contributed by atoms with E-state index in [1.165, 1.54) is 11.3 Å². The van der Waals surface area contributed by atoms with Crippen molar-refractivity contribution >= 4 is 23.0 Å². The predicted molar refractivity (Wildman–Crippen MR) is 100 cm³/mol. The highest BCUT2D eigenvalue weighted by Gasteiger charge is 2.21. The summed E-state index contributed by atoms with van der Waals surface area (Å²) in [4.78, 5) is 11.4. The van der Waals surface area contributed by atoms with Crippen molar-refractivity contribution in [1.82, 2.24) is 9.97 Å². The Morgan fingerprint density at radius 2 is 1.92 bits per heavy atom. The van der Waals surface area contributed by atoms with Crippen LogP contribution >= 0.6 is 0 Å². The van der Waals surface area contributed by atoms with Gasteiger partial charge in [0.25, 0.3) is 0 Å². The zero-order valence-electron chi connectivity index (χ0n) is 14.4. The summed E-state index contributed by atoms with van der Waals surface area (Å²) >= 11 is 0. The molecule has 3 aromatic rings. The van der Waals surface area contributed by atoms with Gasteiger partial charge in [0.15, 0.2) is 0 Å². The molecule has 0 spiro atoms. The summed E-state index contributed by atoms with van der Waals surface area (Å²) in [5, 5.41) is 3.35. The van der Waals surface area contributed by atoms with Gasteiger partial charge in [0.05, 0.1) is 7.11 Å². The molecule has 2 heterocycles. The molecule has 0 radical (unpaired) electrons. The van der Waals surface area contributed by atoms with Crippen LogP contribution in [0, 0.1) is 6.92 Å². The summed E-state index contributed by atoms with van der Waals surface area (Å²) in [6, 6.07) is 18.3. The molecule has 1 N–H and O–H groups in total. The van der Waals surface area contributed by atoms with Crippen molar-refractivity contribution in [3.05, 3.63) is 66.0 Å². The minimum absolute atomic E-state index is 0.743. The topological polar surface area (TPSA) is 50.3 Å². The first-order valence-electron chi connectivity index (χ1n) is 8.35. The molecule has 0 atom stereocenters. The lowest BCUT2D eigenvalue weighted by Crippen LogP contribution is -2.16. The van der Waals surface area contributed by atoms with Crippen LogP contribution in [0.4, 0.5) is 23.0 Å². The highest BCUT2D eigenvalue weighted by atomic mass is 16.5. The number of nitrogens with one attached hydrogen (secondary N) is 1. The number of hydrogen-bond donors (Lipinski definition) is 1. The number of hydrogen-bond acceptors (Lipinski definition) is 5. The second kappa shape index (κ2) is 6.43. The van der Waals surface area contributed by atoms with Crippen LogP contribution in [0.3, 0.4) is 0 Å². The van der Waals surface area contributed by atoms with E-state index in [1.54, 1.807) is 7.11 Å². The molecule has 0 saturated carbocycles. The van der Waals surface area contributed by atoms with Crippen LogP contribution in [0.1, 0.15) is 11.4 Å². The van der Waals surface area contributed by atoms with Crippen LogP contribution in [-0.4, -0.2) is 23.6 Å². The molecule has 5 heteroatoms. The highest BCUT2D eigenvalue weighted by molar-refractivity contribution is 5.70. The lowest BCUT2D eigenvalue weighted by Gasteiger charge is -2.19. The Morgan fingerprint density at radius 3 is 2.80 bits per heavy atom. The number of benzene rings is 2. The van der Waals surface area contributed by atoms with E-state index in [2.05, 4.69) is 44.5 Å². The molecule has 2 aromatic carbocycles. The van der Waals surface area contributed by atoms with Crippen molar-refractivity contribution in [3.63, 3.8) is 0 Å². The van der Waals surface area contributed by atoms with E-state index in [4.69, 9.17) is 4.74 Å². The number of methoxy groups -OCH3 is 1. The van der Waals surface area contributed by atoms with Gasteiger partial charge in [0, 0.05) is 30.1 Å². The van der Waals surface area contributed by atoms with Gasteiger partial charge < -0.3 is 15.0 Å². The average molecular weight is 332 g/mol. The van der Waals surface area contributed by atoms with Crippen molar-refractivity contribution in [1.29, 1.82) is 0 Å². The Bertz CT molecular complexity index is 910. The number of ether oxygens (including phenoxy) is 1. The highest BCUT2D eigenvalue weighted by Crippen LogP contribution is 2.34. The van der Waals surface area contributed by atoms with E-state index in [9.17, 15) is 0 Å². The van der Waals surface area contributed by atoms with Crippen LogP contribution in [0.2, 0.25) is 0 Å². The number of rotatable bonds is 4. The normalized spacial score (nSPS) is 12.8. The smallest absolute Gasteiger partial charge is 0.138 e. The maximum atomic E-state index is 5.28. The Balaban J connectivity index is 1.65. The molecule has 4 rings (SSSR count). The largest absolute Gasteiger partial charge is 0.497 e. The summed E-state index contributed by atoms with van der Waals surface area (Å²) in [5.41, 5.74) is 3.53. The monoisotopic (exact) mass is 332 g/mol. The van der Waals surface area contributed by atoms with Gasteiger partial charge in [-0.2, -0.15) is 0 Å². The van der Waals surface area contributed by atoms with Gasteiger partial charge in [-0.3, -0.25) is 0 Å². The van der Waals surface area contributed by atoms with Gasteiger partial charge in [-0.25, -0.2) is 9.97 Å². The molecule has 0 aliphatic carbocycles. The Morgan fingerprint density at radius 1 is 1.04 bits per heavy atom. The van der Waals surface area contributed by atoms with Crippen LogP contribution < -0.4 is 15.0 Å². The molecular weight excluding hydrogens is 312 g/mol. The first-order valence-corrected chi connectivity index (χ1v) is 8.35. The molecule has 0 unspecified atom stereocenters. The number of aryl methyl sites for hydroxylation is 1. The van der Waals surface area contributed by atoms with Crippen LogP contribution in [0.5, 0.6) is 5.75 Å². The van der Waals surface area contributed by atoms with Crippen molar-refractivity contribution in [2.45, 2.75) is 13.3 Å². The summed E-state index contributed by atoms with van der Waals surface area (Å²) in [6.45, 7) is 2.86. The van der Waals surface area contributed by atoms with Gasteiger partial charge in [-0.1, -0.05) is 24.3 Å². The third kappa shape index (κ3) is 3.13. The lowest BCUT2D eigenvalue weighted by molar-refractivity contribution is 0.415. The van der Waals surface area contributed by atoms with Gasteiger partial charge >= 0.3 is 0 Å². The fourth-order valence-electron chi connectivity index (χ4n) is 3.18. The molecule has 126 valence electrons. The molecule has 0 saturated heterocycles. The van der Waals surface area contributed by atoms with Gasteiger partial charge in [0.1, 0.15) is 23.2 Å². The molecule has 0 amide bonds. The second-order valence-corrected chi connectivity index (χ2v) is 6.05. The first-order chi connectivity index (χ1) is 12.2. The number of anilines is 4. The molecule has 1 aliphatic heterocycles. The van der Waals surface area contributed by atoms with Crippen molar-refractivity contribution in [2.75, 3.05) is 23.9 Å². The zero-order valence-corrected chi connectivity index (χ0v) is 14.4. The van der Waals surface area contributed by atoms with Gasteiger partial charge in [-0.15, -0.1) is 0 Å². The van der Waals surface area contributed by atoms with E-state index in [1.807, 2.05) is 37.3 Å². The van der Waals surface area contributed by atoms with Gasteiger partial charge in [0.2, 0.25) is 0 Å². The van der Waals surface area contributed by atoms with Crippen molar-refractivity contribution in [2.24, 2.45) is 0 Å². The fraction of sp³-hybridized carbons (Fsp3) is 0.200. The first kappa shape index (κ1) is 15.4. The van der Waals surface area contributed by atoms with Crippen LogP contribution in [0.25, 0.3) is 0 Å². The average Bonchev–Trinajstić information content (AvgIpc) is 3.05. The minimum Gasteiger partial charge on any atom is -0.497 e. The Labute approximate surface area is 147 Å². The van der Waals surface area contributed by atoms with Crippen molar-refractivity contribution in [3.8, 4) is 5.75 Å². The third-order valence-corrected chi connectivity index (χ3v) is 4.33. The van der Waals surface area contributed by atoms with Gasteiger partial charge in [-0.05, 0) is 37.1 Å². The maximum absolute atomic E-state index is 5.28. The fourth-order valence-corrected chi connectivity index (χ4v) is 3.18. The van der Waals surface area contributed by atoms with Crippen molar-refractivity contribution < 1.29 is 4.74 Å². The van der Waals surface area contributed by atoms with E-state index < -0.39 is 0 Å². The Kier molecular flexibility index (Phi) is 3.98. The molecule has 0 fully saturated rings. The van der Waals surface area contributed by atoms with E-state index in [0.29, 0.717) is 0 Å². The van der Waals surface area contributed by atoms with E-state index >= 15 is 0 Å². The standard InChI is InChI=1S/C20H20N4O/c1-14-21-19(23-16-7-5-8-17(12-16)25-2)13-20(22-14)24-11-10-15-6-3-4-9-18(15)24/h3-9,12-13H,10-11H2,1-2H3,(H,21,22,23). The number of fused-ring (bicyclic) bond motifs is 1. The molecule has 25 heavy (non-hydrogen) atoms.